The lowest BCUT2D eigenvalue weighted by atomic mass is 10.1. The van der Waals surface area contributed by atoms with Crippen LogP contribution in [0.4, 0.5) is 0 Å². The molecule has 3 heterocycles. The van der Waals surface area contributed by atoms with Crippen molar-refractivity contribution in [3.63, 3.8) is 0 Å². The molecule has 2 aliphatic heterocycles. The maximum absolute atomic E-state index is 5.82. The smallest absolute Gasteiger partial charge is 0.168 e. The third-order valence-electron chi connectivity index (χ3n) is 4.04. The molecule has 1 aromatic heterocycles. The topological polar surface area (TPSA) is 28.7 Å². The number of nitrogens with zero attached hydrogens (tertiary/aromatic N) is 2. The van der Waals surface area contributed by atoms with E-state index in [1.807, 2.05) is 11.8 Å². The molecule has 1 aromatic carbocycles. The molecule has 0 bridgehead atoms. The average Bonchev–Trinajstić information content (AvgIpc) is 3.21. The molecule has 22 heavy (non-hydrogen) atoms. The summed E-state index contributed by atoms with van der Waals surface area (Å²) in [6.45, 7) is 4.11. The lowest BCUT2D eigenvalue weighted by Crippen LogP contribution is -2.20. The summed E-state index contributed by atoms with van der Waals surface area (Å²) in [7, 11) is 0. The van der Waals surface area contributed by atoms with Crippen molar-refractivity contribution in [3.05, 3.63) is 34.9 Å². The van der Waals surface area contributed by atoms with Crippen LogP contribution in [0.1, 0.15) is 25.3 Å². The van der Waals surface area contributed by atoms with Crippen LogP contribution in [0.5, 0.6) is 0 Å². The van der Waals surface area contributed by atoms with Crippen LogP contribution >= 0.6 is 23.5 Å². The lowest BCUT2D eigenvalue weighted by molar-refractivity contribution is 0.607. The van der Waals surface area contributed by atoms with E-state index in [0.29, 0.717) is 0 Å². The van der Waals surface area contributed by atoms with E-state index in [9.17, 15) is 0 Å². The number of fused-ring (bicyclic) bond motifs is 2. The largest absolute Gasteiger partial charge is 0.464 e. The fraction of sp³-hybridized carbons (Fsp3) is 0.353. The highest BCUT2D eigenvalue weighted by atomic mass is 32.2. The van der Waals surface area contributed by atoms with Gasteiger partial charge in [0, 0.05) is 27.3 Å². The number of thioether (sulfide) groups is 2. The van der Waals surface area contributed by atoms with Crippen molar-refractivity contribution in [3.8, 4) is 0 Å². The standard InChI is InChI=1S/C17H18N2OS2/c1-3-4-14-15(19-7-6-18-17(19)22-14)13-10-12(21-2)9-11-5-8-20-16(11)13/h5,8-10H,3-4,6-7H2,1-2H3. The van der Waals surface area contributed by atoms with Crippen molar-refractivity contribution in [1.82, 2.24) is 4.90 Å². The van der Waals surface area contributed by atoms with E-state index in [4.69, 9.17) is 4.42 Å². The minimum Gasteiger partial charge on any atom is -0.464 e. The Morgan fingerprint density at radius 2 is 2.32 bits per heavy atom. The Morgan fingerprint density at radius 1 is 1.41 bits per heavy atom. The van der Waals surface area contributed by atoms with Gasteiger partial charge in [-0.3, -0.25) is 4.99 Å². The highest BCUT2D eigenvalue weighted by Gasteiger charge is 2.33. The Bertz CT molecular complexity index is 791. The van der Waals surface area contributed by atoms with E-state index in [1.165, 1.54) is 26.4 Å². The fourth-order valence-corrected chi connectivity index (χ4v) is 4.84. The Labute approximate surface area is 138 Å². The van der Waals surface area contributed by atoms with E-state index in [-0.39, 0.29) is 0 Å². The number of allylic oxidation sites excluding steroid dienone is 1. The SMILES string of the molecule is CCCC1=C(c2cc(SC)cc3ccoc23)N2CCN=C2S1. The molecule has 0 atom stereocenters. The molecule has 0 spiro atoms. The van der Waals surface area contributed by atoms with Gasteiger partial charge in [-0.15, -0.1) is 11.8 Å². The van der Waals surface area contributed by atoms with Gasteiger partial charge in [0.25, 0.3) is 0 Å². The molecule has 4 rings (SSSR count). The Morgan fingerprint density at radius 3 is 3.14 bits per heavy atom. The quantitative estimate of drug-likeness (QED) is 0.734. The van der Waals surface area contributed by atoms with Gasteiger partial charge in [-0.25, -0.2) is 0 Å². The summed E-state index contributed by atoms with van der Waals surface area (Å²) in [5.41, 5.74) is 3.53. The summed E-state index contributed by atoms with van der Waals surface area (Å²) < 4.78 is 5.82. The second kappa shape index (κ2) is 5.70. The molecule has 0 saturated heterocycles. The normalized spacial score (nSPS) is 17.5. The Kier molecular flexibility index (Phi) is 3.70. The number of aliphatic imine (C=N–C) groups is 1. The number of hydrogen-bond acceptors (Lipinski definition) is 5. The van der Waals surface area contributed by atoms with E-state index in [1.54, 1.807) is 18.0 Å². The maximum Gasteiger partial charge on any atom is 0.168 e. The van der Waals surface area contributed by atoms with Gasteiger partial charge in [0.15, 0.2) is 5.17 Å². The molecule has 0 amide bonds. The third-order valence-corrected chi connectivity index (χ3v) is 5.93. The van der Waals surface area contributed by atoms with Gasteiger partial charge in [-0.1, -0.05) is 25.1 Å². The molecule has 0 saturated carbocycles. The molecule has 2 aromatic rings. The van der Waals surface area contributed by atoms with Crippen molar-refractivity contribution >= 4 is 45.4 Å². The highest BCUT2D eigenvalue weighted by molar-refractivity contribution is 8.17. The molecule has 2 aliphatic rings. The first-order valence-electron chi connectivity index (χ1n) is 7.60. The summed E-state index contributed by atoms with van der Waals surface area (Å²) in [6, 6.07) is 6.52. The second-order valence-electron chi connectivity index (χ2n) is 5.45. The summed E-state index contributed by atoms with van der Waals surface area (Å²) in [4.78, 5) is 9.72. The van der Waals surface area contributed by atoms with Gasteiger partial charge < -0.3 is 9.32 Å². The van der Waals surface area contributed by atoms with Gasteiger partial charge >= 0.3 is 0 Å². The predicted octanol–water partition coefficient (Wildman–Crippen LogP) is 5.04. The predicted molar refractivity (Wildman–Crippen MR) is 96.4 cm³/mol. The molecule has 3 nitrogen and oxygen atoms in total. The van der Waals surface area contributed by atoms with E-state index >= 15 is 0 Å². The van der Waals surface area contributed by atoms with Crippen LogP contribution in [0, 0.1) is 0 Å². The number of rotatable bonds is 4. The van der Waals surface area contributed by atoms with Gasteiger partial charge in [0.05, 0.1) is 18.5 Å². The molecular weight excluding hydrogens is 312 g/mol. The molecule has 0 unspecified atom stereocenters. The molecule has 0 aliphatic carbocycles. The van der Waals surface area contributed by atoms with E-state index in [0.717, 1.165) is 36.7 Å². The fourth-order valence-electron chi connectivity index (χ4n) is 3.07. The first kappa shape index (κ1) is 14.3. The minimum absolute atomic E-state index is 0.898. The first-order valence-corrected chi connectivity index (χ1v) is 9.64. The monoisotopic (exact) mass is 330 g/mol. The van der Waals surface area contributed by atoms with Crippen molar-refractivity contribution in [2.45, 2.75) is 24.7 Å². The molecule has 114 valence electrons. The first-order chi connectivity index (χ1) is 10.8. The lowest BCUT2D eigenvalue weighted by Gasteiger charge is -2.18. The number of hydrogen-bond donors (Lipinski definition) is 0. The van der Waals surface area contributed by atoms with E-state index in [2.05, 4.69) is 41.3 Å². The highest BCUT2D eigenvalue weighted by Crippen LogP contribution is 2.46. The van der Waals surface area contributed by atoms with Crippen LogP contribution < -0.4 is 0 Å². The van der Waals surface area contributed by atoms with Crippen LogP contribution in [0.3, 0.4) is 0 Å². The molecule has 5 heteroatoms. The van der Waals surface area contributed by atoms with Crippen molar-refractivity contribution < 1.29 is 4.42 Å². The third kappa shape index (κ3) is 2.18. The van der Waals surface area contributed by atoms with Crippen LogP contribution in [-0.4, -0.2) is 29.4 Å². The number of benzene rings is 1. The van der Waals surface area contributed by atoms with Crippen LogP contribution in [-0.2, 0) is 0 Å². The maximum atomic E-state index is 5.82. The van der Waals surface area contributed by atoms with Crippen LogP contribution in [0.2, 0.25) is 0 Å². The van der Waals surface area contributed by atoms with Crippen molar-refractivity contribution in [1.29, 1.82) is 0 Å². The summed E-state index contributed by atoms with van der Waals surface area (Å²) in [5.74, 6) is 0. The van der Waals surface area contributed by atoms with Crippen molar-refractivity contribution in [2.75, 3.05) is 19.3 Å². The van der Waals surface area contributed by atoms with Gasteiger partial charge in [0.2, 0.25) is 0 Å². The van der Waals surface area contributed by atoms with Gasteiger partial charge in [0.1, 0.15) is 5.58 Å². The second-order valence-corrected chi connectivity index (χ2v) is 7.40. The molecule has 0 radical (unpaired) electrons. The summed E-state index contributed by atoms with van der Waals surface area (Å²) >= 11 is 3.62. The zero-order chi connectivity index (χ0) is 15.1. The van der Waals surface area contributed by atoms with Crippen molar-refractivity contribution in [2.24, 2.45) is 4.99 Å². The molecule has 0 N–H and O–H groups in total. The average molecular weight is 330 g/mol. The van der Waals surface area contributed by atoms with Gasteiger partial charge in [-0.2, -0.15) is 0 Å². The Balaban J connectivity index is 1.93. The van der Waals surface area contributed by atoms with Gasteiger partial charge in [-0.05, 0) is 30.9 Å². The Hall–Kier alpha value is -1.33. The summed E-state index contributed by atoms with van der Waals surface area (Å²) in [6.07, 6.45) is 6.16. The zero-order valence-electron chi connectivity index (χ0n) is 12.8. The summed E-state index contributed by atoms with van der Waals surface area (Å²) in [5, 5.41) is 2.34. The molecular formula is C17H18N2OS2. The number of furan rings is 1. The minimum atomic E-state index is 0.898. The van der Waals surface area contributed by atoms with E-state index < -0.39 is 0 Å². The van der Waals surface area contributed by atoms with Crippen LogP contribution in [0.25, 0.3) is 16.7 Å². The zero-order valence-corrected chi connectivity index (χ0v) is 14.4. The van der Waals surface area contributed by atoms with Crippen LogP contribution in [0.15, 0.2) is 43.7 Å². The number of amidine groups is 1. The molecule has 0 fully saturated rings.